The number of para-hydroxylation sites is 1. The van der Waals surface area contributed by atoms with Crippen LogP contribution in [0, 0.1) is 11.3 Å². The van der Waals surface area contributed by atoms with Crippen LogP contribution in [0.5, 0.6) is 11.5 Å². The van der Waals surface area contributed by atoms with Gasteiger partial charge in [0.1, 0.15) is 11.5 Å². The van der Waals surface area contributed by atoms with Gasteiger partial charge in [0.25, 0.3) is 10.1 Å². The summed E-state index contributed by atoms with van der Waals surface area (Å²) in [6, 6.07) is 14.9. The quantitative estimate of drug-likeness (QED) is 0.781. The van der Waals surface area contributed by atoms with E-state index in [1.54, 1.807) is 6.07 Å². The molecule has 2 aliphatic heterocycles. The number of benzene rings is 2. The van der Waals surface area contributed by atoms with Crippen LogP contribution in [0.3, 0.4) is 0 Å². The molecule has 28 heavy (non-hydrogen) atoms. The second-order valence-corrected chi connectivity index (χ2v) is 8.71. The Bertz CT molecular complexity index is 1120. The lowest BCUT2D eigenvalue weighted by Crippen LogP contribution is -2.37. The minimum Gasteiger partial charge on any atom is -0.456 e. The van der Waals surface area contributed by atoms with Crippen molar-refractivity contribution in [3.05, 3.63) is 59.2 Å². The first-order valence-corrected chi connectivity index (χ1v) is 10.7. The van der Waals surface area contributed by atoms with Crippen LogP contribution in [-0.2, 0) is 10.1 Å². The van der Waals surface area contributed by atoms with Gasteiger partial charge in [-0.25, -0.2) is 0 Å². The number of nitriles is 1. The summed E-state index contributed by atoms with van der Waals surface area (Å²) >= 11 is 0. The molecular formula is C21H20N2O4S. The molecule has 0 spiro atoms. The predicted octanol–water partition coefficient (Wildman–Crippen LogP) is 3.56. The van der Waals surface area contributed by atoms with Crippen molar-refractivity contribution in [2.24, 2.45) is 0 Å². The van der Waals surface area contributed by atoms with Gasteiger partial charge >= 0.3 is 0 Å². The Morgan fingerprint density at radius 2 is 1.93 bits per heavy atom. The molecule has 2 aromatic carbocycles. The maximum atomic E-state index is 11.6. The van der Waals surface area contributed by atoms with Crippen molar-refractivity contribution < 1.29 is 17.7 Å². The van der Waals surface area contributed by atoms with E-state index in [1.807, 2.05) is 48.3 Å². The van der Waals surface area contributed by atoms with Crippen molar-refractivity contribution in [1.82, 2.24) is 4.90 Å². The Kier molecular flexibility index (Phi) is 4.71. The second-order valence-electron chi connectivity index (χ2n) is 7.22. The average molecular weight is 396 g/mol. The van der Waals surface area contributed by atoms with Crippen molar-refractivity contribution in [2.45, 2.75) is 18.9 Å². The highest BCUT2D eigenvalue weighted by Gasteiger charge is 2.31. The van der Waals surface area contributed by atoms with Gasteiger partial charge in [0.2, 0.25) is 0 Å². The van der Waals surface area contributed by atoms with Crippen molar-refractivity contribution >= 4 is 21.3 Å². The van der Waals surface area contributed by atoms with Gasteiger partial charge in [0.15, 0.2) is 0 Å². The molecule has 1 N–H and O–H groups in total. The summed E-state index contributed by atoms with van der Waals surface area (Å²) < 4.78 is 38.7. The Morgan fingerprint density at radius 1 is 1.18 bits per heavy atom. The lowest BCUT2D eigenvalue weighted by molar-refractivity contribution is 0.270. The third-order valence-corrected chi connectivity index (χ3v) is 6.22. The fourth-order valence-electron chi connectivity index (χ4n) is 3.98. The minimum absolute atomic E-state index is 0.325. The van der Waals surface area contributed by atoms with Crippen molar-refractivity contribution in [2.75, 3.05) is 19.3 Å². The van der Waals surface area contributed by atoms with Crippen LogP contribution in [0.25, 0.3) is 11.1 Å². The van der Waals surface area contributed by atoms with E-state index in [1.165, 1.54) is 0 Å². The number of ether oxygens (including phenoxy) is 1. The molecule has 4 rings (SSSR count). The smallest absolute Gasteiger partial charge is 0.266 e. The average Bonchev–Trinajstić information content (AvgIpc) is 2.88. The molecule has 6 nitrogen and oxygen atoms in total. The molecular weight excluding hydrogens is 376 g/mol. The molecule has 2 aromatic rings. The third kappa shape index (κ3) is 3.54. The number of hydrogen-bond donors (Lipinski definition) is 1. The molecule has 0 fully saturated rings. The van der Waals surface area contributed by atoms with Gasteiger partial charge in [-0.2, -0.15) is 13.7 Å². The van der Waals surface area contributed by atoms with Gasteiger partial charge in [-0.3, -0.25) is 4.55 Å². The number of rotatable bonds is 2. The molecule has 1 unspecified atom stereocenters. The summed E-state index contributed by atoms with van der Waals surface area (Å²) in [4.78, 5) is 1.97. The lowest BCUT2D eigenvalue weighted by atomic mass is 9.89. The number of nitrogens with zero attached hydrogens (tertiary/aromatic N) is 2. The molecule has 0 bridgehead atoms. The zero-order valence-corrected chi connectivity index (χ0v) is 16.2. The van der Waals surface area contributed by atoms with Gasteiger partial charge in [-0.1, -0.05) is 18.2 Å². The van der Waals surface area contributed by atoms with E-state index in [4.69, 9.17) is 4.74 Å². The fourth-order valence-corrected chi connectivity index (χ4v) is 4.84. The Hall–Kier alpha value is -2.66. The molecule has 0 saturated heterocycles. The molecule has 0 aliphatic carbocycles. The molecule has 2 heterocycles. The monoisotopic (exact) mass is 396 g/mol. The fraction of sp³-hybridized carbons (Fsp3) is 0.286. The van der Waals surface area contributed by atoms with Crippen LogP contribution in [0.1, 0.15) is 29.5 Å². The van der Waals surface area contributed by atoms with Gasteiger partial charge in [0, 0.05) is 23.7 Å². The Morgan fingerprint density at radius 3 is 2.68 bits per heavy atom. The van der Waals surface area contributed by atoms with Crippen LogP contribution in [-0.4, -0.2) is 43.3 Å². The third-order valence-electron chi connectivity index (χ3n) is 5.41. The lowest BCUT2D eigenvalue weighted by Gasteiger charge is -2.25. The van der Waals surface area contributed by atoms with E-state index in [0.29, 0.717) is 36.4 Å². The Balaban J connectivity index is 1.92. The molecule has 0 saturated carbocycles. The molecule has 2 aliphatic rings. The topological polar surface area (TPSA) is 90.6 Å². The molecule has 0 aromatic heterocycles. The minimum atomic E-state index is -4.11. The number of hydrogen-bond acceptors (Lipinski definition) is 5. The zero-order chi connectivity index (χ0) is 19.9. The summed E-state index contributed by atoms with van der Waals surface area (Å²) in [5.74, 6) is 1.06. The summed E-state index contributed by atoms with van der Waals surface area (Å²) in [6.07, 6.45) is 1.15. The van der Waals surface area contributed by atoms with E-state index in [9.17, 15) is 18.2 Å². The maximum Gasteiger partial charge on any atom is 0.266 e. The molecule has 0 radical (unpaired) electrons. The Labute approximate surface area is 164 Å². The van der Waals surface area contributed by atoms with E-state index in [2.05, 4.69) is 6.07 Å². The zero-order valence-electron chi connectivity index (χ0n) is 15.4. The first kappa shape index (κ1) is 18.7. The first-order valence-electron chi connectivity index (χ1n) is 9.05. The first-order chi connectivity index (χ1) is 13.4. The second kappa shape index (κ2) is 7.06. The van der Waals surface area contributed by atoms with Crippen molar-refractivity contribution in [1.29, 1.82) is 5.26 Å². The van der Waals surface area contributed by atoms with Crippen LogP contribution >= 0.6 is 0 Å². The summed E-state index contributed by atoms with van der Waals surface area (Å²) in [6.45, 7) is 0.636. The van der Waals surface area contributed by atoms with Gasteiger partial charge < -0.3 is 9.64 Å². The van der Waals surface area contributed by atoms with Crippen LogP contribution in [0.2, 0.25) is 0 Å². The highest BCUT2D eigenvalue weighted by molar-refractivity contribution is 7.85. The highest BCUT2D eigenvalue weighted by Crippen LogP contribution is 2.46. The SMILES string of the molecule is CN1CCC2=C(CC1CS(=O)(=O)O)c1ccccc1Oc1ccc(C#N)cc12. The van der Waals surface area contributed by atoms with Crippen LogP contribution < -0.4 is 4.74 Å². The molecule has 1 atom stereocenters. The van der Waals surface area contributed by atoms with Gasteiger partial charge in [-0.15, -0.1) is 0 Å². The van der Waals surface area contributed by atoms with Gasteiger partial charge in [-0.05, 0) is 55.3 Å². The van der Waals surface area contributed by atoms with E-state index in [-0.39, 0.29) is 11.8 Å². The van der Waals surface area contributed by atoms with E-state index in [0.717, 1.165) is 22.3 Å². The van der Waals surface area contributed by atoms with E-state index < -0.39 is 10.1 Å². The maximum absolute atomic E-state index is 11.6. The van der Waals surface area contributed by atoms with E-state index >= 15 is 0 Å². The molecule has 7 heteroatoms. The summed E-state index contributed by atoms with van der Waals surface area (Å²) in [7, 11) is -2.23. The number of fused-ring (bicyclic) bond motifs is 4. The van der Waals surface area contributed by atoms with Gasteiger partial charge in [0.05, 0.1) is 17.4 Å². The summed E-state index contributed by atoms with van der Waals surface area (Å²) in [5, 5.41) is 9.34. The summed E-state index contributed by atoms with van der Waals surface area (Å²) in [5.41, 5.74) is 4.39. The standard InChI is InChI=1S/C21H20N2O4S/c1-23-9-8-16-18(11-15(23)13-28(24,25)26)17-4-2-3-5-20(17)27-21-7-6-14(12-22)10-19(16)21/h2-7,10,15H,8-9,11,13H2,1H3,(H,24,25,26). The molecule has 0 amide bonds. The largest absolute Gasteiger partial charge is 0.456 e. The van der Waals surface area contributed by atoms with Crippen LogP contribution in [0.4, 0.5) is 0 Å². The van der Waals surface area contributed by atoms with Crippen LogP contribution in [0.15, 0.2) is 42.5 Å². The highest BCUT2D eigenvalue weighted by atomic mass is 32.2. The van der Waals surface area contributed by atoms with Crippen molar-refractivity contribution in [3.8, 4) is 17.6 Å². The molecule has 144 valence electrons. The predicted molar refractivity (Wildman–Crippen MR) is 107 cm³/mol. The van der Waals surface area contributed by atoms with Crippen molar-refractivity contribution in [3.63, 3.8) is 0 Å². The normalized spacial score (nSPS) is 19.4.